The van der Waals surface area contributed by atoms with Crippen molar-refractivity contribution in [1.29, 1.82) is 0 Å². The second-order valence-electron chi connectivity index (χ2n) is 5.61. The van der Waals surface area contributed by atoms with E-state index in [1.165, 1.54) is 14.2 Å². The van der Waals surface area contributed by atoms with Crippen LogP contribution in [0.2, 0.25) is 0 Å². The lowest BCUT2D eigenvalue weighted by Gasteiger charge is -2.17. The zero-order valence-corrected chi connectivity index (χ0v) is 14.3. The van der Waals surface area contributed by atoms with Gasteiger partial charge in [0, 0.05) is 12.8 Å². The minimum Gasteiger partial charge on any atom is -0.469 e. The van der Waals surface area contributed by atoms with Gasteiger partial charge in [0.1, 0.15) is 6.04 Å². The molecule has 0 saturated heterocycles. The number of amides is 1. The van der Waals surface area contributed by atoms with E-state index < -0.39 is 23.9 Å². The highest BCUT2D eigenvalue weighted by Gasteiger charge is 2.22. The monoisotopic (exact) mass is 343 g/mol. The molecule has 0 aliphatic heterocycles. The number of hydrogen-bond donors (Lipinski definition) is 1. The molecule has 6 heteroatoms. The molecule has 1 N–H and O–H groups in total. The Bertz CT molecular complexity index is 771. The first-order valence-corrected chi connectivity index (χ1v) is 7.95. The Kier molecular flexibility index (Phi) is 6.51. The second kappa shape index (κ2) is 8.82. The maximum Gasteiger partial charge on any atom is 0.328 e. The molecule has 132 valence electrons. The van der Waals surface area contributed by atoms with Gasteiger partial charge >= 0.3 is 11.9 Å². The number of methoxy groups -OCH3 is 2. The van der Waals surface area contributed by atoms with E-state index in [2.05, 4.69) is 10.1 Å². The summed E-state index contributed by atoms with van der Waals surface area (Å²) in [6.07, 6.45) is 0.228. The Morgan fingerprint density at radius 1 is 0.960 bits per heavy atom. The van der Waals surface area contributed by atoms with Gasteiger partial charge in [0.15, 0.2) is 0 Å². The van der Waals surface area contributed by atoms with Crippen molar-refractivity contribution in [3.05, 3.63) is 48.0 Å². The third-order valence-electron chi connectivity index (χ3n) is 3.86. The predicted octanol–water partition coefficient (Wildman–Crippen LogP) is 1.99. The molecular formula is C19H21NO5. The topological polar surface area (TPSA) is 81.7 Å². The van der Waals surface area contributed by atoms with Gasteiger partial charge in [0.2, 0.25) is 5.91 Å². The van der Waals surface area contributed by atoms with Crippen LogP contribution in [-0.2, 0) is 30.3 Å². The molecule has 0 bridgehead atoms. The van der Waals surface area contributed by atoms with Crippen molar-refractivity contribution in [1.82, 2.24) is 5.32 Å². The van der Waals surface area contributed by atoms with Crippen molar-refractivity contribution in [2.75, 3.05) is 14.2 Å². The summed E-state index contributed by atoms with van der Waals surface area (Å²) in [7, 11) is 2.54. The third kappa shape index (κ3) is 5.31. The van der Waals surface area contributed by atoms with Gasteiger partial charge < -0.3 is 14.8 Å². The molecule has 0 unspecified atom stereocenters. The van der Waals surface area contributed by atoms with Gasteiger partial charge in [-0.3, -0.25) is 9.59 Å². The number of ether oxygens (including phenoxy) is 2. The fraction of sp³-hybridized carbons (Fsp3) is 0.316. The molecule has 2 aromatic rings. The van der Waals surface area contributed by atoms with E-state index in [9.17, 15) is 14.4 Å². The summed E-state index contributed by atoms with van der Waals surface area (Å²) in [5.74, 6) is -1.40. The van der Waals surface area contributed by atoms with Crippen LogP contribution >= 0.6 is 0 Å². The Labute approximate surface area is 146 Å². The molecular weight excluding hydrogens is 322 g/mol. The van der Waals surface area contributed by atoms with Crippen LogP contribution in [0.15, 0.2) is 42.5 Å². The van der Waals surface area contributed by atoms with Gasteiger partial charge in [-0.2, -0.15) is 0 Å². The van der Waals surface area contributed by atoms with Crippen molar-refractivity contribution in [3.8, 4) is 0 Å². The maximum atomic E-state index is 12.0. The van der Waals surface area contributed by atoms with Gasteiger partial charge in [-0.25, -0.2) is 4.79 Å². The molecule has 2 aromatic carbocycles. The molecule has 0 aliphatic carbocycles. The van der Waals surface area contributed by atoms with E-state index in [1.54, 1.807) is 0 Å². The van der Waals surface area contributed by atoms with Crippen LogP contribution in [0.25, 0.3) is 10.8 Å². The summed E-state index contributed by atoms with van der Waals surface area (Å²) >= 11 is 0. The minimum absolute atomic E-state index is 0.0355. The quantitative estimate of drug-likeness (QED) is 0.778. The summed E-state index contributed by atoms with van der Waals surface area (Å²) in [6, 6.07) is 12.9. The highest BCUT2D eigenvalue weighted by Crippen LogP contribution is 2.17. The average Bonchev–Trinajstić information content (AvgIpc) is 2.64. The zero-order chi connectivity index (χ0) is 18.2. The minimum atomic E-state index is -0.809. The Hall–Kier alpha value is -2.89. The second-order valence-corrected chi connectivity index (χ2v) is 5.61. The van der Waals surface area contributed by atoms with Crippen LogP contribution in [-0.4, -0.2) is 38.1 Å². The summed E-state index contributed by atoms with van der Waals surface area (Å²) in [5.41, 5.74) is 0.905. The van der Waals surface area contributed by atoms with E-state index in [0.717, 1.165) is 16.3 Å². The van der Waals surface area contributed by atoms with Crippen LogP contribution in [0.4, 0.5) is 0 Å². The van der Waals surface area contributed by atoms with Crippen LogP contribution in [0.5, 0.6) is 0 Å². The molecule has 0 aliphatic rings. The number of carbonyl (C=O) groups is 3. The first-order chi connectivity index (χ1) is 12.0. The molecule has 0 heterocycles. The van der Waals surface area contributed by atoms with E-state index in [1.807, 2.05) is 42.5 Å². The third-order valence-corrected chi connectivity index (χ3v) is 3.86. The molecule has 1 amide bonds. The summed E-state index contributed by atoms with van der Waals surface area (Å²) in [4.78, 5) is 35.1. The molecule has 0 saturated carbocycles. The van der Waals surface area contributed by atoms with E-state index in [-0.39, 0.29) is 12.8 Å². The van der Waals surface area contributed by atoms with E-state index in [4.69, 9.17) is 4.74 Å². The molecule has 6 nitrogen and oxygen atoms in total. The number of hydrogen-bond acceptors (Lipinski definition) is 5. The first-order valence-electron chi connectivity index (χ1n) is 7.95. The van der Waals surface area contributed by atoms with E-state index >= 15 is 0 Å². The summed E-state index contributed by atoms with van der Waals surface area (Å²) in [6.45, 7) is 0. The number of fused-ring (bicyclic) bond motifs is 1. The maximum absolute atomic E-state index is 12.0. The lowest BCUT2D eigenvalue weighted by atomic mass is 10.0. The lowest BCUT2D eigenvalue weighted by molar-refractivity contribution is -0.145. The van der Waals surface area contributed by atoms with Crippen molar-refractivity contribution in [3.63, 3.8) is 0 Å². The summed E-state index contributed by atoms with van der Waals surface area (Å²) < 4.78 is 9.27. The Morgan fingerprint density at radius 2 is 1.68 bits per heavy atom. The molecule has 1 atom stereocenters. The molecule has 0 radical (unpaired) electrons. The van der Waals surface area contributed by atoms with Gasteiger partial charge in [-0.15, -0.1) is 0 Å². The lowest BCUT2D eigenvalue weighted by Crippen LogP contribution is -2.43. The fourth-order valence-electron chi connectivity index (χ4n) is 2.52. The van der Waals surface area contributed by atoms with E-state index in [0.29, 0.717) is 6.42 Å². The molecule has 0 aromatic heterocycles. The summed E-state index contributed by atoms with van der Waals surface area (Å²) in [5, 5.41) is 4.78. The van der Waals surface area contributed by atoms with Crippen LogP contribution in [0.3, 0.4) is 0 Å². The molecule has 2 rings (SSSR count). The van der Waals surface area contributed by atoms with Gasteiger partial charge in [0.05, 0.1) is 20.6 Å². The van der Waals surface area contributed by atoms with Gasteiger partial charge in [0.25, 0.3) is 0 Å². The van der Waals surface area contributed by atoms with Gasteiger partial charge in [-0.05, 0) is 16.3 Å². The van der Waals surface area contributed by atoms with Gasteiger partial charge in [-0.1, -0.05) is 42.5 Å². The first kappa shape index (κ1) is 18.4. The van der Waals surface area contributed by atoms with Crippen LogP contribution in [0.1, 0.15) is 18.4 Å². The zero-order valence-electron chi connectivity index (χ0n) is 14.3. The smallest absolute Gasteiger partial charge is 0.328 e. The highest BCUT2D eigenvalue weighted by atomic mass is 16.5. The molecule has 25 heavy (non-hydrogen) atoms. The standard InChI is InChI=1S/C19H21NO5/c1-24-18(22)10-9-17(21)20-16(19(23)25-2)12-13-7-8-14-5-3-4-6-15(14)11-13/h3-8,11,16H,9-10,12H2,1-2H3,(H,20,21)/t16-/m1/s1. The SMILES string of the molecule is COC(=O)CCC(=O)N[C@H](Cc1ccc2ccccc2c1)C(=O)OC. The number of esters is 2. The normalized spacial score (nSPS) is 11.6. The van der Waals surface area contributed by atoms with Crippen LogP contribution < -0.4 is 5.32 Å². The predicted molar refractivity (Wildman–Crippen MR) is 92.8 cm³/mol. The number of rotatable bonds is 7. The van der Waals surface area contributed by atoms with Crippen molar-refractivity contribution >= 4 is 28.6 Å². The number of benzene rings is 2. The Morgan fingerprint density at radius 3 is 2.36 bits per heavy atom. The van der Waals surface area contributed by atoms with Crippen molar-refractivity contribution < 1.29 is 23.9 Å². The molecule has 0 spiro atoms. The van der Waals surface area contributed by atoms with Crippen molar-refractivity contribution in [2.24, 2.45) is 0 Å². The largest absolute Gasteiger partial charge is 0.469 e. The number of nitrogens with one attached hydrogen (secondary N) is 1. The van der Waals surface area contributed by atoms with Crippen molar-refractivity contribution in [2.45, 2.75) is 25.3 Å². The van der Waals surface area contributed by atoms with Crippen LogP contribution in [0, 0.1) is 0 Å². The average molecular weight is 343 g/mol. The molecule has 0 fully saturated rings. The number of carbonyl (C=O) groups excluding carboxylic acids is 3. The fourth-order valence-corrected chi connectivity index (χ4v) is 2.52. The Balaban J connectivity index is 2.07. The highest BCUT2D eigenvalue weighted by molar-refractivity contribution is 5.87.